The van der Waals surface area contributed by atoms with Crippen molar-refractivity contribution in [3.05, 3.63) is 11.7 Å². The summed E-state index contributed by atoms with van der Waals surface area (Å²) in [5, 5.41) is 4.06. The highest BCUT2D eigenvalue weighted by Gasteiger charge is 2.47. The van der Waals surface area contributed by atoms with E-state index >= 15 is 0 Å². The van der Waals surface area contributed by atoms with E-state index in [4.69, 9.17) is 10.3 Å². The van der Waals surface area contributed by atoms with Crippen molar-refractivity contribution >= 4 is 0 Å². The molecular weight excluding hydrogens is 214 g/mol. The molecule has 0 saturated heterocycles. The molecule has 0 aromatic carbocycles. The van der Waals surface area contributed by atoms with Crippen molar-refractivity contribution in [2.75, 3.05) is 0 Å². The molecule has 2 N–H and O–H groups in total. The lowest BCUT2D eigenvalue weighted by Gasteiger charge is -2.44. The smallest absolute Gasteiger partial charge is 0.232 e. The molecule has 1 aliphatic carbocycles. The molecule has 17 heavy (non-hydrogen) atoms. The van der Waals surface area contributed by atoms with Gasteiger partial charge in [0.15, 0.2) is 5.82 Å². The average molecular weight is 237 g/mol. The molecule has 0 atom stereocenters. The van der Waals surface area contributed by atoms with Gasteiger partial charge in [0.05, 0.1) is 5.54 Å². The largest absolute Gasteiger partial charge is 0.339 e. The van der Waals surface area contributed by atoms with Gasteiger partial charge in [0.2, 0.25) is 5.89 Å². The second-order valence-electron chi connectivity index (χ2n) is 6.74. The van der Waals surface area contributed by atoms with E-state index in [9.17, 15) is 0 Å². The van der Waals surface area contributed by atoms with Gasteiger partial charge in [-0.25, -0.2) is 0 Å². The molecule has 4 heteroatoms. The van der Waals surface area contributed by atoms with Gasteiger partial charge in [-0.05, 0) is 24.7 Å². The molecule has 1 aromatic rings. The minimum Gasteiger partial charge on any atom is -0.339 e. The lowest BCUT2D eigenvalue weighted by molar-refractivity contribution is 0.0944. The highest BCUT2D eigenvalue weighted by molar-refractivity contribution is 5.13. The molecular formula is C13H23N3O. The molecule has 0 radical (unpaired) electrons. The summed E-state index contributed by atoms with van der Waals surface area (Å²) in [6.45, 7) is 10.7. The Hall–Kier alpha value is -0.900. The zero-order valence-corrected chi connectivity index (χ0v) is 11.4. The van der Waals surface area contributed by atoms with Crippen LogP contribution in [0.3, 0.4) is 0 Å². The van der Waals surface area contributed by atoms with Gasteiger partial charge in [-0.1, -0.05) is 39.8 Å². The number of nitrogens with zero attached hydrogens (tertiary/aromatic N) is 2. The Balaban J connectivity index is 2.12. The minimum absolute atomic E-state index is 0.108. The second kappa shape index (κ2) is 3.80. The molecule has 0 unspecified atom stereocenters. The molecule has 1 aliphatic rings. The lowest BCUT2D eigenvalue weighted by Crippen LogP contribution is -2.51. The fraction of sp³-hybridized carbons (Fsp3) is 0.846. The van der Waals surface area contributed by atoms with E-state index in [1.165, 1.54) is 0 Å². The topological polar surface area (TPSA) is 64.9 Å². The Bertz CT molecular complexity index is 397. The van der Waals surface area contributed by atoms with Crippen LogP contribution in [0, 0.1) is 11.8 Å². The van der Waals surface area contributed by atoms with Crippen LogP contribution in [-0.2, 0) is 11.0 Å². The van der Waals surface area contributed by atoms with E-state index in [2.05, 4.69) is 44.8 Å². The maximum Gasteiger partial charge on any atom is 0.232 e. The third kappa shape index (κ3) is 2.23. The van der Waals surface area contributed by atoms with E-state index in [-0.39, 0.29) is 11.0 Å². The monoisotopic (exact) mass is 237 g/mol. The molecule has 1 aromatic heterocycles. The molecule has 96 valence electrons. The molecule has 0 bridgehead atoms. The minimum atomic E-state index is -0.359. The van der Waals surface area contributed by atoms with Gasteiger partial charge in [-0.3, -0.25) is 0 Å². The fourth-order valence-corrected chi connectivity index (χ4v) is 2.26. The Morgan fingerprint density at radius 2 is 1.94 bits per heavy atom. The summed E-state index contributed by atoms with van der Waals surface area (Å²) in [6.07, 6.45) is 1.93. The van der Waals surface area contributed by atoms with Gasteiger partial charge in [0.1, 0.15) is 0 Å². The Morgan fingerprint density at radius 3 is 2.35 bits per heavy atom. The van der Waals surface area contributed by atoms with E-state index in [0.29, 0.717) is 23.6 Å². The molecule has 1 saturated carbocycles. The summed E-state index contributed by atoms with van der Waals surface area (Å²) in [5.41, 5.74) is 5.86. The molecule has 0 amide bonds. The van der Waals surface area contributed by atoms with Crippen molar-refractivity contribution in [1.29, 1.82) is 0 Å². The Labute approximate surface area is 103 Å². The first-order chi connectivity index (χ1) is 7.72. The number of hydrogen-bond donors (Lipinski definition) is 1. The molecule has 1 fully saturated rings. The average Bonchev–Trinajstić information content (AvgIpc) is 2.60. The van der Waals surface area contributed by atoms with Crippen LogP contribution in [0.1, 0.15) is 59.2 Å². The molecule has 0 aliphatic heterocycles. The summed E-state index contributed by atoms with van der Waals surface area (Å²) < 4.78 is 5.31. The van der Waals surface area contributed by atoms with Gasteiger partial charge >= 0.3 is 0 Å². The standard InChI is InChI=1S/C13H23N3O/c1-8(2)9-6-13(14,7-9)10-15-11(17-16-10)12(3,4)5/h8-9H,6-7,14H2,1-5H3. The van der Waals surface area contributed by atoms with E-state index in [1.807, 2.05) is 0 Å². The number of aromatic nitrogens is 2. The molecule has 4 nitrogen and oxygen atoms in total. The molecule has 2 rings (SSSR count). The van der Waals surface area contributed by atoms with Crippen LogP contribution in [0.5, 0.6) is 0 Å². The van der Waals surface area contributed by atoms with Crippen LogP contribution in [0.4, 0.5) is 0 Å². The fourth-order valence-electron chi connectivity index (χ4n) is 2.26. The summed E-state index contributed by atoms with van der Waals surface area (Å²) in [7, 11) is 0. The second-order valence-corrected chi connectivity index (χ2v) is 6.74. The number of hydrogen-bond acceptors (Lipinski definition) is 4. The van der Waals surface area contributed by atoms with Gasteiger partial charge in [-0.15, -0.1) is 0 Å². The quantitative estimate of drug-likeness (QED) is 0.858. The number of rotatable bonds is 2. The summed E-state index contributed by atoms with van der Waals surface area (Å²) in [4.78, 5) is 4.47. The van der Waals surface area contributed by atoms with Crippen LogP contribution in [0.2, 0.25) is 0 Å². The van der Waals surface area contributed by atoms with Gasteiger partial charge in [0.25, 0.3) is 0 Å². The van der Waals surface area contributed by atoms with E-state index in [0.717, 1.165) is 12.8 Å². The van der Waals surface area contributed by atoms with E-state index < -0.39 is 0 Å². The van der Waals surface area contributed by atoms with Gasteiger partial charge in [0, 0.05) is 5.41 Å². The number of nitrogens with two attached hydrogens (primary N) is 1. The first kappa shape index (κ1) is 12.6. The highest BCUT2D eigenvalue weighted by Crippen LogP contribution is 2.46. The summed E-state index contributed by atoms with van der Waals surface area (Å²) >= 11 is 0. The van der Waals surface area contributed by atoms with Crippen LogP contribution >= 0.6 is 0 Å². The van der Waals surface area contributed by atoms with Crippen LogP contribution in [0.15, 0.2) is 4.52 Å². The van der Waals surface area contributed by atoms with Gasteiger partial charge < -0.3 is 10.3 Å². The zero-order chi connectivity index (χ0) is 12.8. The predicted octanol–water partition coefficient (Wildman–Crippen LogP) is 2.59. The lowest BCUT2D eigenvalue weighted by atomic mass is 9.64. The first-order valence-electron chi connectivity index (χ1n) is 6.36. The highest BCUT2D eigenvalue weighted by atomic mass is 16.5. The summed E-state index contributed by atoms with van der Waals surface area (Å²) in [6, 6.07) is 0. The van der Waals surface area contributed by atoms with Crippen molar-refractivity contribution in [2.24, 2.45) is 17.6 Å². The van der Waals surface area contributed by atoms with Crippen LogP contribution in [-0.4, -0.2) is 10.1 Å². The molecule has 1 heterocycles. The van der Waals surface area contributed by atoms with E-state index in [1.54, 1.807) is 0 Å². The third-order valence-corrected chi connectivity index (χ3v) is 3.71. The van der Waals surface area contributed by atoms with Crippen molar-refractivity contribution in [3.8, 4) is 0 Å². The van der Waals surface area contributed by atoms with Gasteiger partial charge in [-0.2, -0.15) is 4.98 Å². The Morgan fingerprint density at radius 1 is 1.35 bits per heavy atom. The van der Waals surface area contributed by atoms with Crippen LogP contribution < -0.4 is 5.73 Å². The maximum absolute atomic E-state index is 6.32. The molecule has 0 spiro atoms. The predicted molar refractivity (Wildman–Crippen MR) is 66.4 cm³/mol. The third-order valence-electron chi connectivity index (χ3n) is 3.71. The normalized spacial score (nSPS) is 29.5. The van der Waals surface area contributed by atoms with Crippen molar-refractivity contribution in [3.63, 3.8) is 0 Å². The zero-order valence-electron chi connectivity index (χ0n) is 11.4. The maximum atomic E-state index is 6.32. The summed E-state index contributed by atoms with van der Waals surface area (Å²) in [5.74, 6) is 2.72. The van der Waals surface area contributed by atoms with Crippen LogP contribution in [0.25, 0.3) is 0 Å². The van der Waals surface area contributed by atoms with Crippen molar-refractivity contribution in [2.45, 2.75) is 58.4 Å². The first-order valence-corrected chi connectivity index (χ1v) is 6.36. The van der Waals surface area contributed by atoms with Crippen molar-refractivity contribution < 1.29 is 4.52 Å². The SMILES string of the molecule is CC(C)C1CC(N)(c2noc(C(C)(C)C)n2)C1. The Kier molecular flexibility index (Phi) is 2.81. The van der Waals surface area contributed by atoms with Crippen molar-refractivity contribution in [1.82, 2.24) is 10.1 Å².